The van der Waals surface area contributed by atoms with E-state index in [1.54, 1.807) is 17.8 Å². The SMILES string of the molecule is Cc1cc(C(=O)NC2CCN(CC(=O)N3CCOCC3)CC2)n(C)n1. The Hall–Kier alpha value is -1.93. The molecule has 0 radical (unpaired) electrons. The van der Waals surface area contributed by atoms with E-state index in [-0.39, 0.29) is 17.9 Å². The molecule has 0 aliphatic carbocycles. The highest BCUT2D eigenvalue weighted by atomic mass is 16.5. The van der Waals surface area contributed by atoms with Gasteiger partial charge in [0.25, 0.3) is 5.91 Å². The predicted molar refractivity (Wildman–Crippen MR) is 92.3 cm³/mol. The van der Waals surface area contributed by atoms with Gasteiger partial charge in [0.1, 0.15) is 5.69 Å². The van der Waals surface area contributed by atoms with Crippen molar-refractivity contribution in [2.24, 2.45) is 7.05 Å². The van der Waals surface area contributed by atoms with Gasteiger partial charge < -0.3 is 15.0 Å². The first-order chi connectivity index (χ1) is 12.0. The number of likely N-dealkylation sites (tertiary alicyclic amines) is 1. The largest absolute Gasteiger partial charge is 0.378 e. The Balaban J connectivity index is 1.43. The van der Waals surface area contributed by atoms with Crippen molar-refractivity contribution in [3.05, 3.63) is 17.5 Å². The van der Waals surface area contributed by atoms with E-state index in [4.69, 9.17) is 4.74 Å². The molecule has 138 valence electrons. The fourth-order valence-electron chi connectivity index (χ4n) is 3.42. The number of rotatable bonds is 4. The molecule has 25 heavy (non-hydrogen) atoms. The van der Waals surface area contributed by atoms with Crippen LogP contribution in [0.2, 0.25) is 0 Å². The first-order valence-electron chi connectivity index (χ1n) is 8.92. The number of aromatic nitrogens is 2. The molecule has 8 nitrogen and oxygen atoms in total. The van der Waals surface area contributed by atoms with Gasteiger partial charge in [0.15, 0.2) is 0 Å². The first kappa shape index (κ1) is 17.9. The molecule has 0 bridgehead atoms. The van der Waals surface area contributed by atoms with Gasteiger partial charge in [-0.05, 0) is 25.8 Å². The maximum atomic E-state index is 12.4. The van der Waals surface area contributed by atoms with E-state index < -0.39 is 0 Å². The number of nitrogens with zero attached hydrogens (tertiary/aromatic N) is 4. The number of morpholine rings is 1. The summed E-state index contributed by atoms with van der Waals surface area (Å²) in [5.74, 6) is 0.0992. The summed E-state index contributed by atoms with van der Waals surface area (Å²) in [4.78, 5) is 28.7. The van der Waals surface area contributed by atoms with Crippen LogP contribution in [0.5, 0.6) is 0 Å². The number of nitrogens with one attached hydrogen (secondary N) is 1. The Morgan fingerprint density at radius 1 is 1.24 bits per heavy atom. The van der Waals surface area contributed by atoms with E-state index in [1.165, 1.54) is 0 Å². The summed E-state index contributed by atoms with van der Waals surface area (Å²) in [5, 5.41) is 7.30. The van der Waals surface area contributed by atoms with E-state index in [2.05, 4.69) is 15.3 Å². The fraction of sp³-hybridized carbons (Fsp3) is 0.706. The minimum Gasteiger partial charge on any atom is -0.378 e. The van der Waals surface area contributed by atoms with Crippen molar-refractivity contribution in [1.82, 2.24) is 24.9 Å². The molecule has 0 unspecified atom stereocenters. The maximum Gasteiger partial charge on any atom is 0.269 e. The van der Waals surface area contributed by atoms with Crippen LogP contribution >= 0.6 is 0 Å². The molecule has 1 aromatic heterocycles. The monoisotopic (exact) mass is 349 g/mol. The number of carbonyl (C=O) groups is 2. The summed E-state index contributed by atoms with van der Waals surface area (Å²) in [7, 11) is 1.78. The normalized spacial score (nSPS) is 19.8. The minimum atomic E-state index is -0.0778. The number of piperidine rings is 1. The zero-order valence-corrected chi connectivity index (χ0v) is 15.0. The predicted octanol–water partition coefficient (Wildman–Crippen LogP) is -0.218. The highest BCUT2D eigenvalue weighted by molar-refractivity contribution is 5.92. The minimum absolute atomic E-state index is 0.0778. The van der Waals surface area contributed by atoms with Crippen molar-refractivity contribution >= 4 is 11.8 Å². The maximum absolute atomic E-state index is 12.4. The number of carbonyl (C=O) groups excluding carboxylic acids is 2. The Morgan fingerprint density at radius 2 is 1.92 bits per heavy atom. The van der Waals surface area contributed by atoms with Gasteiger partial charge in [0.2, 0.25) is 5.91 Å². The molecule has 2 saturated heterocycles. The van der Waals surface area contributed by atoms with Gasteiger partial charge in [-0.25, -0.2) is 0 Å². The Bertz CT molecular complexity index is 616. The lowest BCUT2D eigenvalue weighted by molar-refractivity contribution is -0.136. The van der Waals surface area contributed by atoms with Crippen molar-refractivity contribution in [2.45, 2.75) is 25.8 Å². The van der Waals surface area contributed by atoms with E-state index in [9.17, 15) is 9.59 Å². The van der Waals surface area contributed by atoms with Crippen LogP contribution in [0.3, 0.4) is 0 Å². The zero-order chi connectivity index (χ0) is 17.8. The summed E-state index contributed by atoms with van der Waals surface area (Å²) in [5.41, 5.74) is 1.42. The van der Waals surface area contributed by atoms with Crippen LogP contribution in [0.25, 0.3) is 0 Å². The smallest absolute Gasteiger partial charge is 0.269 e. The Labute approximate surface area is 148 Å². The summed E-state index contributed by atoms with van der Waals surface area (Å²) in [6, 6.07) is 1.95. The van der Waals surface area contributed by atoms with Crippen molar-refractivity contribution < 1.29 is 14.3 Å². The van der Waals surface area contributed by atoms with E-state index in [0.717, 1.165) is 31.6 Å². The van der Waals surface area contributed by atoms with Gasteiger partial charge in [-0.15, -0.1) is 0 Å². The van der Waals surface area contributed by atoms with Crippen LogP contribution in [-0.4, -0.2) is 83.4 Å². The first-order valence-corrected chi connectivity index (χ1v) is 8.92. The third-order valence-electron chi connectivity index (χ3n) is 4.88. The van der Waals surface area contributed by atoms with Crippen molar-refractivity contribution in [1.29, 1.82) is 0 Å². The van der Waals surface area contributed by atoms with Crippen LogP contribution in [0.15, 0.2) is 6.07 Å². The number of aryl methyl sites for hydroxylation is 2. The highest BCUT2D eigenvalue weighted by Gasteiger charge is 2.25. The van der Waals surface area contributed by atoms with Crippen molar-refractivity contribution in [2.75, 3.05) is 45.9 Å². The summed E-state index contributed by atoms with van der Waals surface area (Å²) >= 11 is 0. The molecule has 2 aliphatic heterocycles. The molecule has 0 saturated carbocycles. The second kappa shape index (κ2) is 7.97. The van der Waals surface area contributed by atoms with Crippen LogP contribution in [-0.2, 0) is 16.6 Å². The van der Waals surface area contributed by atoms with Gasteiger partial charge in [0, 0.05) is 39.3 Å². The Morgan fingerprint density at radius 3 is 2.52 bits per heavy atom. The standard InChI is InChI=1S/C17H27N5O3/c1-13-11-15(20(2)19-13)17(24)18-14-3-5-21(6-4-14)12-16(23)22-7-9-25-10-8-22/h11,14H,3-10,12H2,1-2H3,(H,18,24). The van der Waals surface area contributed by atoms with Crippen LogP contribution < -0.4 is 5.32 Å². The molecule has 8 heteroatoms. The highest BCUT2D eigenvalue weighted by Crippen LogP contribution is 2.12. The average Bonchev–Trinajstić information content (AvgIpc) is 2.96. The molecular weight excluding hydrogens is 322 g/mol. The number of hydrogen-bond donors (Lipinski definition) is 1. The second-order valence-corrected chi connectivity index (χ2v) is 6.81. The topological polar surface area (TPSA) is 79.7 Å². The number of ether oxygens (including phenoxy) is 1. The summed E-state index contributed by atoms with van der Waals surface area (Å²) in [6.45, 7) is 6.63. The van der Waals surface area contributed by atoms with Gasteiger partial charge in [0.05, 0.1) is 25.5 Å². The molecule has 3 rings (SSSR count). The fourth-order valence-corrected chi connectivity index (χ4v) is 3.42. The van der Waals surface area contributed by atoms with E-state index in [0.29, 0.717) is 38.5 Å². The molecule has 0 spiro atoms. The molecule has 1 aromatic rings. The third-order valence-corrected chi connectivity index (χ3v) is 4.88. The van der Waals surface area contributed by atoms with Gasteiger partial charge in [-0.1, -0.05) is 0 Å². The van der Waals surface area contributed by atoms with Crippen LogP contribution in [0.4, 0.5) is 0 Å². The van der Waals surface area contributed by atoms with Crippen molar-refractivity contribution in [3.63, 3.8) is 0 Å². The molecule has 2 fully saturated rings. The number of amides is 2. The van der Waals surface area contributed by atoms with Crippen LogP contribution in [0.1, 0.15) is 29.0 Å². The van der Waals surface area contributed by atoms with E-state index in [1.807, 2.05) is 11.8 Å². The quantitative estimate of drug-likeness (QED) is 0.813. The number of hydrogen-bond acceptors (Lipinski definition) is 5. The van der Waals surface area contributed by atoms with Crippen LogP contribution in [0, 0.1) is 6.92 Å². The molecule has 0 aromatic carbocycles. The molecule has 1 N–H and O–H groups in total. The third kappa shape index (κ3) is 4.58. The van der Waals surface area contributed by atoms with Gasteiger partial charge >= 0.3 is 0 Å². The van der Waals surface area contributed by atoms with Gasteiger partial charge in [-0.3, -0.25) is 19.2 Å². The average molecular weight is 349 g/mol. The lowest BCUT2D eigenvalue weighted by Crippen LogP contribution is -2.50. The van der Waals surface area contributed by atoms with E-state index >= 15 is 0 Å². The van der Waals surface area contributed by atoms with Gasteiger partial charge in [-0.2, -0.15) is 5.10 Å². The molecule has 0 atom stereocenters. The molecular formula is C17H27N5O3. The lowest BCUT2D eigenvalue weighted by Gasteiger charge is -2.34. The second-order valence-electron chi connectivity index (χ2n) is 6.81. The van der Waals surface area contributed by atoms with Crippen molar-refractivity contribution in [3.8, 4) is 0 Å². The molecule has 3 heterocycles. The summed E-state index contributed by atoms with van der Waals surface area (Å²) < 4.78 is 6.90. The lowest BCUT2D eigenvalue weighted by atomic mass is 10.0. The zero-order valence-electron chi connectivity index (χ0n) is 15.0. The molecule has 2 amide bonds. The summed E-state index contributed by atoms with van der Waals surface area (Å²) in [6.07, 6.45) is 1.72. The molecule has 2 aliphatic rings. The Kier molecular flexibility index (Phi) is 5.70.